The van der Waals surface area contributed by atoms with Crippen LogP contribution >= 0.6 is 0 Å². The number of carbonyl (C=O) groups is 2. The Morgan fingerprint density at radius 1 is 0.793 bits per heavy atom. The fraction of sp³-hybridized carbons (Fsp3) is 0.130. The van der Waals surface area contributed by atoms with Gasteiger partial charge in [-0.25, -0.2) is 0 Å². The number of hydrogen-bond acceptors (Lipinski definition) is 4. The maximum atomic E-state index is 12.2. The highest BCUT2D eigenvalue weighted by atomic mass is 16.5. The largest absolute Gasteiger partial charge is 0.457 e. The van der Waals surface area contributed by atoms with Gasteiger partial charge in [-0.2, -0.15) is 0 Å². The van der Waals surface area contributed by atoms with Crippen molar-refractivity contribution in [2.24, 2.45) is 0 Å². The van der Waals surface area contributed by atoms with Crippen molar-refractivity contribution in [3.05, 3.63) is 84.4 Å². The number of amides is 2. The highest BCUT2D eigenvalue weighted by Crippen LogP contribution is 2.22. The van der Waals surface area contributed by atoms with Gasteiger partial charge in [-0.3, -0.25) is 9.59 Å². The summed E-state index contributed by atoms with van der Waals surface area (Å²) >= 11 is 0. The molecule has 0 aliphatic carbocycles. The number of nitrogens with one attached hydrogen (secondary N) is 2. The number of ether oxygens (including phenoxy) is 1. The second-order valence-electron chi connectivity index (χ2n) is 6.62. The van der Waals surface area contributed by atoms with E-state index in [1.165, 1.54) is 4.90 Å². The Morgan fingerprint density at radius 3 is 2.00 bits per heavy atom. The van der Waals surface area contributed by atoms with Crippen LogP contribution in [0, 0.1) is 0 Å². The number of rotatable bonds is 7. The van der Waals surface area contributed by atoms with Gasteiger partial charge in [0.05, 0.1) is 6.54 Å². The predicted octanol–water partition coefficient (Wildman–Crippen LogP) is 4.23. The summed E-state index contributed by atoms with van der Waals surface area (Å²) in [6, 6.07) is 23.7. The van der Waals surface area contributed by atoms with Crippen molar-refractivity contribution < 1.29 is 14.3 Å². The molecule has 0 bridgehead atoms. The summed E-state index contributed by atoms with van der Waals surface area (Å²) in [6.07, 6.45) is 0. The Kier molecular flexibility index (Phi) is 6.47. The molecular formula is C23H23N3O3. The third kappa shape index (κ3) is 5.84. The molecule has 0 spiro atoms. The van der Waals surface area contributed by atoms with E-state index in [0.717, 1.165) is 11.4 Å². The van der Waals surface area contributed by atoms with Crippen LogP contribution < -0.4 is 15.4 Å². The first-order valence-corrected chi connectivity index (χ1v) is 9.20. The van der Waals surface area contributed by atoms with Gasteiger partial charge in [-0.05, 0) is 60.7 Å². The lowest BCUT2D eigenvalue weighted by atomic mass is 10.2. The predicted molar refractivity (Wildman–Crippen MR) is 115 cm³/mol. The van der Waals surface area contributed by atoms with Gasteiger partial charge in [0.1, 0.15) is 11.5 Å². The molecule has 3 aromatic carbocycles. The average Bonchev–Trinajstić information content (AvgIpc) is 2.74. The minimum Gasteiger partial charge on any atom is -0.457 e. The van der Waals surface area contributed by atoms with Crippen LogP contribution in [0.3, 0.4) is 0 Å². The molecule has 2 N–H and O–H groups in total. The topological polar surface area (TPSA) is 70.7 Å². The van der Waals surface area contributed by atoms with Crippen molar-refractivity contribution in [1.29, 1.82) is 0 Å². The molecule has 0 saturated carbocycles. The van der Waals surface area contributed by atoms with Gasteiger partial charge in [0.25, 0.3) is 5.91 Å². The first-order valence-electron chi connectivity index (χ1n) is 9.20. The standard InChI is InChI=1S/C23H23N3O3/c1-26(2)23(28)17-8-10-18(11-9-17)24-16-22(27)25-19-12-14-21(15-13-19)29-20-6-4-3-5-7-20/h3-15,24H,16H2,1-2H3,(H,25,27). The first kappa shape index (κ1) is 19.9. The van der Waals surface area contributed by atoms with E-state index in [0.29, 0.717) is 17.0 Å². The van der Waals surface area contributed by atoms with E-state index >= 15 is 0 Å². The number of para-hydroxylation sites is 1. The molecule has 0 aliphatic heterocycles. The van der Waals surface area contributed by atoms with Crippen LogP contribution in [-0.4, -0.2) is 37.4 Å². The molecule has 3 rings (SSSR count). The fourth-order valence-electron chi connectivity index (χ4n) is 2.61. The van der Waals surface area contributed by atoms with Gasteiger partial charge < -0.3 is 20.3 Å². The Bertz CT molecular complexity index is 953. The minimum absolute atomic E-state index is 0.0611. The van der Waals surface area contributed by atoms with Crippen molar-refractivity contribution in [1.82, 2.24) is 4.90 Å². The third-order valence-electron chi connectivity index (χ3n) is 4.11. The maximum absolute atomic E-state index is 12.2. The Morgan fingerprint density at radius 2 is 1.38 bits per heavy atom. The highest BCUT2D eigenvalue weighted by Gasteiger charge is 2.08. The van der Waals surface area contributed by atoms with E-state index in [2.05, 4.69) is 10.6 Å². The van der Waals surface area contributed by atoms with Crippen LogP contribution in [0.2, 0.25) is 0 Å². The van der Waals surface area contributed by atoms with Gasteiger partial charge in [-0.15, -0.1) is 0 Å². The summed E-state index contributed by atoms with van der Waals surface area (Å²) in [7, 11) is 3.42. The quantitative estimate of drug-likeness (QED) is 0.634. The molecule has 29 heavy (non-hydrogen) atoms. The average molecular weight is 389 g/mol. The smallest absolute Gasteiger partial charge is 0.253 e. The maximum Gasteiger partial charge on any atom is 0.253 e. The number of carbonyl (C=O) groups excluding carboxylic acids is 2. The number of benzene rings is 3. The second kappa shape index (κ2) is 9.41. The van der Waals surface area contributed by atoms with Crippen molar-refractivity contribution in [3.63, 3.8) is 0 Å². The molecule has 0 atom stereocenters. The number of anilines is 2. The molecule has 0 aromatic heterocycles. The summed E-state index contributed by atoms with van der Waals surface area (Å²) in [5.74, 6) is 1.22. The van der Waals surface area contributed by atoms with Crippen LogP contribution in [-0.2, 0) is 4.79 Å². The summed E-state index contributed by atoms with van der Waals surface area (Å²) in [4.78, 5) is 25.6. The molecule has 0 fully saturated rings. The van der Waals surface area contributed by atoms with Crippen LogP contribution in [0.15, 0.2) is 78.9 Å². The number of nitrogens with zero attached hydrogens (tertiary/aromatic N) is 1. The van der Waals surface area contributed by atoms with Crippen molar-refractivity contribution >= 4 is 23.2 Å². The van der Waals surface area contributed by atoms with Gasteiger partial charge in [0.2, 0.25) is 5.91 Å². The lowest BCUT2D eigenvalue weighted by Gasteiger charge is -2.11. The third-order valence-corrected chi connectivity index (χ3v) is 4.11. The molecule has 0 unspecified atom stereocenters. The second-order valence-corrected chi connectivity index (χ2v) is 6.62. The molecule has 6 nitrogen and oxygen atoms in total. The molecular weight excluding hydrogens is 366 g/mol. The molecule has 0 radical (unpaired) electrons. The Labute approximate surface area is 170 Å². The monoisotopic (exact) mass is 389 g/mol. The van der Waals surface area contributed by atoms with E-state index in [-0.39, 0.29) is 18.4 Å². The first-order chi connectivity index (χ1) is 14.0. The molecule has 0 saturated heterocycles. The molecule has 6 heteroatoms. The fourth-order valence-corrected chi connectivity index (χ4v) is 2.61. The Balaban J connectivity index is 1.48. The zero-order chi connectivity index (χ0) is 20.6. The van der Waals surface area contributed by atoms with E-state index in [1.54, 1.807) is 62.6 Å². The van der Waals surface area contributed by atoms with E-state index in [9.17, 15) is 9.59 Å². The van der Waals surface area contributed by atoms with Crippen LogP contribution in [0.25, 0.3) is 0 Å². The van der Waals surface area contributed by atoms with E-state index in [4.69, 9.17) is 4.74 Å². The summed E-state index contributed by atoms with van der Waals surface area (Å²) in [5.41, 5.74) is 2.05. The van der Waals surface area contributed by atoms with Gasteiger partial charge in [-0.1, -0.05) is 18.2 Å². The summed E-state index contributed by atoms with van der Waals surface area (Å²) in [6.45, 7) is 0.114. The van der Waals surface area contributed by atoms with E-state index < -0.39 is 0 Å². The van der Waals surface area contributed by atoms with E-state index in [1.807, 2.05) is 30.3 Å². The normalized spacial score (nSPS) is 10.1. The molecule has 148 valence electrons. The molecule has 3 aromatic rings. The van der Waals surface area contributed by atoms with Gasteiger partial charge in [0, 0.05) is 31.0 Å². The molecule has 2 amide bonds. The van der Waals surface area contributed by atoms with Crippen molar-refractivity contribution in [2.75, 3.05) is 31.3 Å². The lowest BCUT2D eigenvalue weighted by molar-refractivity contribution is -0.114. The summed E-state index contributed by atoms with van der Waals surface area (Å²) < 4.78 is 5.73. The molecule has 0 heterocycles. The van der Waals surface area contributed by atoms with Crippen LogP contribution in [0.4, 0.5) is 11.4 Å². The highest BCUT2D eigenvalue weighted by molar-refractivity contribution is 5.95. The SMILES string of the molecule is CN(C)C(=O)c1ccc(NCC(=O)Nc2ccc(Oc3ccccc3)cc2)cc1. The lowest BCUT2D eigenvalue weighted by Crippen LogP contribution is -2.22. The summed E-state index contributed by atoms with van der Waals surface area (Å²) in [5, 5.41) is 5.87. The minimum atomic E-state index is -0.171. The van der Waals surface area contributed by atoms with Crippen molar-refractivity contribution in [2.45, 2.75) is 0 Å². The number of hydrogen-bond donors (Lipinski definition) is 2. The zero-order valence-electron chi connectivity index (χ0n) is 16.4. The van der Waals surface area contributed by atoms with Crippen LogP contribution in [0.1, 0.15) is 10.4 Å². The zero-order valence-corrected chi connectivity index (χ0v) is 16.4. The van der Waals surface area contributed by atoms with Crippen molar-refractivity contribution in [3.8, 4) is 11.5 Å². The van der Waals surface area contributed by atoms with Gasteiger partial charge in [0.15, 0.2) is 0 Å². The van der Waals surface area contributed by atoms with Crippen LogP contribution in [0.5, 0.6) is 11.5 Å². The molecule has 0 aliphatic rings. The Hall–Kier alpha value is -3.80. The van der Waals surface area contributed by atoms with Gasteiger partial charge >= 0.3 is 0 Å².